The predicted molar refractivity (Wildman–Crippen MR) is 127 cm³/mol. The van der Waals surface area contributed by atoms with Gasteiger partial charge >= 0.3 is 0 Å². The van der Waals surface area contributed by atoms with Crippen LogP contribution in [0.4, 0.5) is 5.69 Å². The van der Waals surface area contributed by atoms with Crippen LogP contribution in [0.15, 0.2) is 91.0 Å². The quantitative estimate of drug-likeness (QED) is 0.250. The average Bonchev–Trinajstić information content (AvgIpc) is 2.87. The van der Waals surface area contributed by atoms with Crippen LogP contribution in [0.5, 0.6) is 0 Å². The first kappa shape index (κ1) is 17.8. The fraction of sp³-hybridized carbons (Fsp3) is 0.200. The van der Waals surface area contributed by atoms with E-state index in [0.717, 1.165) is 0 Å². The highest BCUT2D eigenvalue weighted by atomic mass is 16.6. The van der Waals surface area contributed by atoms with Crippen molar-refractivity contribution >= 4 is 5.69 Å². The van der Waals surface area contributed by atoms with Crippen molar-refractivity contribution in [2.24, 2.45) is 11.8 Å². The molecule has 0 N–H and O–H groups in total. The summed E-state index contributed by atoms with van der Waals surface area (Å²) < 4.78 is 0. The lowest BCUT2D eigenvalue weighted by molar-refractivity contribution is -0.385. The topological polar surface area (TPSA) is 43.1 Å². The first-order valence-corrected chi connectivity index (χ1v) is 11.8. The van der Waals surface area contributed by atoms with Gasteiger partial charge in [0.15, 0.2) is 0 Å². The molecule has 4 bridgehead atoms. The lowest BCUT2D eigenvalue weighted by atomic mass is 9.41. The first-order valence-electron chi connectivity index (χ1n) is 11.8. The summed E-state index contributed by atoms with van der Waals surface area (Å²) >= 11 is 0. The zero-order valence-corrected chi connectivity index (χ0v) is 17.9. The normalized spacial score (nSPS) is 28.8. The van der Waals surface area contributed by atoms with E-state index in [1.807, 2.05) is 6.07 Å². The van der Waals surface area contributed by atoms with E-state index in [0.29, 0.717) is 23.7 Å². The van der Waals surface area contributed by atoms with Crippen molar-refractivity contribution in [2.45, 2.75) is 23.7 Å². The fourth-order valence-corrected chi connectivity index (χ4v) is 8.06. The third-order valence-electron chi connectivity index (χ3n) is 8.93. The summed E-state index contributed by atoms with van der Waals surface area (Å²) in [7, 11) is 0. The molecule has 158 valence electrons. The molecule has 3 heteroatoms. The van der Waals surface area contributed by atoms with Gasteiger partial charge in [-0.15, -0.1) is 0 Å². The Kier molecular flexibility index (Phi) is 3.23. The maximum absolute atomic E-state index is 11.7. The lowest BCUT2D eigenvalue weighted by Gasteiger charge is -2.61. The highest BCUT2D eigenvalue weighted by Gasteiger charge is 2.60. The third kappa shape index (κ3) is 2.02. The molecular formula is C30H21NO2. The lowest BCUT2D eigenvalue weighted by Crippen LogP contribution is -2.51. The van der Waals surface area contributed by atoms with Crippen molar-refractivity contribution in [2.75, 3.05) is 0 Å². The Bertz CT molecular complexity index is 1460. The standard InChI is InChI=1S/C30H21NO2/c32-31(33)16-13-14-23-24(15-16)28-22-12-6-5-11-21(22)27(23)29-25-17-7-1-3-9-19(17)26(30(28)29)20-10-4-2-8-18(20)25/h1-15,25-30H/t25?,26?,27-,28-,29+,30-/m1/s1. The Hall–Kier alpha value is -3.72. The van der Waals surface area contributed by atoms with Crippen LogP contribution in [0, 0.1) is 22.0 Å². The molecule has 0 unspecified atom stereocenters. The van der Waals surface area contributed by atoms with Crippen molar-refractivity contribution in [1.29, 1.82) is 0 Å². The second-order valence-corrected chi connectivity index (χ2v) is 10.0. The Morgan fingerprint density at radius 3 is 1.18 bits per heavy atom. The van der Waals surface area contributed by atoms with E-state index in [9.17, 15) is 10.1 Å². The molecule has 0 fully saturated rings. The minimum Gasteiger partial charge on any atom is -0.258 e. The molecule has 4 atom stereocenters. The zero-order chi connectivity index (χ0) is 21.8. The van der Waals surface area contributed by atoms with Gasteiger partial charge in [0, 0.05) is 35.8 Å². The molecule has 4 aromatic rings. The molecule has 0 amide bonds. The number of hydrogen-bond acceptors (Lipinski definition) is 2. The maximum Gasteiger partial charge on any atom is 0.269 e. The third-order valence-corrected chi connectivity index (χ3v) is 8.93. The molecular weight excluding hydrogens is 406 g/mol. The Morgan fingerprint density at radius 2 is 0.818 bits per heavy atom. The second kappa shape index (κ2) is 5.99. The number of benzene rings is 4. The molecule has 0 saturated carbocycles. The molecule has 0 saturated heterocycles. The van der Waals surface area contributed by atoms with E-state index in [1.165, 1.54) is 44.5 Å². The number of nitro groups is 1. The van der Waals surface area contributed by atoms with Crippen LogP contribution in [0.2, 0.25) is 0 Å². The SMILES string of the molecule is O=[N+]([O-])c1ccc2c(c1)[C@H]1c3ccccc3[C@H]2[C@@H]2C3c4ccccc4C(c4ccccc43)[C@H]12. The summed E-state index contributed by atoms with van der Waals surface area (Å²) in [6, 6.07) is 32.5. The number of nitrogens with zero attached hydrogens (tertiary/aromatic N) is 1. The molecule has 10 rings (SSSR count). The molecule has 4 aromatic carbocycles. The highest BCUT2D eigenvalue weighted by Crippen LogP contribution is 2.71. The molecule has 0 aliphatic heterocycles. The monoisotopic (exact) mass is 427 g/mol. The summed E-state index contributed by atoms with van der Waals surface area (Å²) in [5.74, 6) is 2.00. The molecule has 0 heterocycles. The van der Waals surface area contributed by atoms with E-state index in [-0.39, 0.29) is 22.4 Å². The summed E-state index contributed by atoms with van der Waals surface area (Å²) in [6.07, 6.45) is 0. The van der Waals surface area contributed by atoms with Gasteiger partial charge in [-0.05, 0) is 56.3 Å². The minimum atomic E-state index is -0.246. The van der Waals surface area contributed by atoms with Gasteiger partial charge in [0.25, 0.3) is 5.69 Å². The number of rotatable bonds is 1. The predicted octanol–water partition coefficient (Wildman–Crippen LogP) is 6.71. The van der Waals surface area contributed by atoms with Gasteiger partial charge < -0.3 is 0 Å². The largest absolute Gasteiger partial charge is 0.269 e. The smallest absolute Gasteiger partial charge is 0.258 e. The van der Waals surface area contributed by atoms with Gasteiger partial charge in [0.1, 0.15) is 0 Å². The van der Waals surface area contributed by atoms with Crippen LogP contribution < -0.4 is 0 Å². The highest BCUT2D eigenvalue weighted by molar-refractivity contribution is 5.66. The molecule has 3 nitrogen and oxygen atoms in total. The average molecular weight is 428 g/mol. The van der Waals surface area contributed by atoms with Gasteiger partial charge in [-0.25, -0.2) is 0 Å². The summed E-state index contributed by atoms with van der Waals surface area (Å²) in [6.45, 7) is 0. The fourth-order valence-electron chi connectivity index (χ4n) is 8.06. The van der Waals surface area contributed by atoms with Crippen molar-refractivity contribution in [1.82, 2.24) is 0 Å². The summed E-state index contributed by atoms with van der Waals surface area (Å²) in [5.41, 5.74) is 11.4. The second-order valence-electron chi connectivity index (χ2n) is 10.0. The van der Waals surface area contributed by atoms with Crippen LogP contribution in [-0.2, 0) is 0 Å². The van der Waals surface area contributed by atoms with Gasteiger partial charge in [-0.2, -0.15) is 0 Å². The Morgan fingerprint density at radius 1 is 0.485 bits per heavy atom. The Labute approximate surface area is 191 Å². The van der Waals surface area contributed by atoms with Gasteiger partial charge in [0.2, 0.25) is 0 Å². The van der Waals surface area contributed by atoms with Crippen LogP contribution >= 0.6 is 0 Å². The number of hydrogen-bond donors (Lipinski definition) is 0. The van der Waals surface area contributed by atoms with Gasteiger partial charge in [-0.1, -0.05) is 78.9 Å². The van der Waals surface area contributed by atoms with Crippen molar-refractivity contribution < 1.29 is 4.92 Å². The molecule has 6 aliphatic rings. The van der Waals surface area contributed by atoms with Gasteiger partial charge in [0.05, 0.1) is 4.92 Å². The van der Waals surface area contributed by atoms with E-state index in [2.05, 4.69) is 78.9 Å². The number of nitro benzene ring substituents is 1. The molecule has 0 radical (unpaired) electrons. The van der Waals surface area contributed by atoms with Crippen LogP contribution in [0.25, 0.3) is 0 Å². The van der Waals surface area contributed by atoms with Crippen LogP contribution in [0.3, 0.4) is 0 Å². The van der Waals surface area contributed by atoms with Crippen LogP contribution in [-0.4, -0.2) is 4.92 Å². The maximum atomic E-state index is 11.7. The van der Waals surface area contributed by atoms with Crippen molar-refractivity contribution in [3.05, 3.63) is 146 Å². The van der Waals surface area contributed by atoms with Gasteiger partial charge in [-0.3, -0.25) is 10.1 Å². The number of non-ortho nitro benzene ring substituents is 1. The Balaban J connectivity index is 1.47. The van der Waals surface area contributed by atoms with Crippen LogP contribution in [0.1, 0.15) is 68.2 Å². The van der Waals surface area contributed by atoms with E-state index < -0.39 is 0 Å². The molecule has 6 aliphatic carbocycles. The molecule has 0 spiro atoms. The summed E-state index contributed by atoms with van der Waals surface area (Å²) in [5, 5.41) is 11.7. The zero-order valence-electron chi connectivity index (χ0n) is 17.9. The van der Waals surface area contributed by atoms with E-state index in [4.69, 9.17) is 0 Å². The first-order chi connectivity index (χ1) is 16.2. The summed E-state index contributed by atoms with van der Waals surface area (Å²) in [4.78, 5) is 11.4. The molecule has 0 aromatic heterocycles. The van der Waals surface area contributed by atoms with E-state index >= 15 is 0 Å². The molecule has 33 heavy (non-hydrogen) atoms. The van der Waals surface area contributed by atoms with Crippen molar-refractivity contribution in [3.63, 3.8) is 0 Å². The minimum absolute atomic E-state index is 0.181. The van der Waals surface area contributed by atoms with Crippen molar-refractivity contribution in [3.8, 4) is 0 Å². The van der Waals surface area contributed by atoms with E-state index in [1.54, 1.807) is 6.07 Å².